The fourth-order valence-corrected chi connectivity index (χ4v) is 2.93. The lowest BCUT2D eigenvalue weighted by Crippen LogP contribution is -2.46. The number of hydrogen-bond donors (Lipinski definition) is 0. The molecule has 18 heavy (non-hydrogen) atoms. The van der Waals surface area contributed by atoms with Crippen LogP contribution in [0, 0.1) is 13.8 Å². The zero-order valence-corrected chi connectivity index (χ0v) is 11.2. The highest BCUT2D eigenvalue weighted by Gasteiger charge is 2.28. The highest BCUT2D eigenvalue weighted by Crippen LogP contribution is 2.20. The first-order valence-electron chi connectivity index (χ1n) is 6.76. The van der Waals surface area contributed by atoms with E-state index in [2.05, 4.69) is 59.6 Å². The van der Waals surface area contributed by atoms with Gasteiger partial charge in [-0.1, -0.05) is 0 Å². The van der Waals surface area contributed by atoms with Crippen molar-refractivity contribution in [2.75, 3.05) is 0 Å². The predicted molar refractivity (Wildman–Crippen MR) is 71.0 cm³/mol. The third-order valence-corrected chi connectivity index (χ3v) is 3.82. The molecule has 0 N–H and O–H groups in total. The zero-order chi connectivity index (χ0) is 12.5. The first-order chi connectivity index (χ1) is 8.77. The van der Waals surface area contributed by atoms with Gasteiger partial charge in [-0.05, 0) is 26.0 Å². The monoisotopic (exact) mass is 240 g/mol. The zero-order valence-electron chi connectivity index (χ0n) is 11.2. The second-order valence-electron chi connectivity index (χ2n) is 5.17. The van der Waals surface area contributed by atoms with Crippen LogP contribution in [-0.4, -0.2) is 0 Å². The van der Waals surface area contributed by atoms with Gasteiger partial charge in [0, 0.05) is 36.1 Å². The molecule has 0 fully saturated rings. The van der Waals surface area contributed by atoms with E-state index < -0.39 is 0 Å². The molecule has 0 aliphatic carbocycles. The molecule has 92 valence electrons. The van der Waals surface area contributed by atoms with E-state index >= 15 is 0 Å². The average Bonchev–Trinajstić information content (AvgIpc) is 2.33. The van der Waals surface area contributed by atoms with Gasteiger partial charge in [-0.3, -0.25) is 0 Å². The molecule has 3 rings (SSSR count). The molecule has 0 saturated heterocycles. The summed E-state index contributed by atoms with van der Waals surface area (Å²) in [6, 6.07) is 8.74. The van der Waals surface area contributed by atoms with Gasteiger partial charge in [-0.2, -0.15) is 9.13 Å². The Bertz CT molecular complexity index is 534. The minimum absolute atomic E-state index is 1.13. The lowest BCUT2D eigenvalue weighted by atomic mass is 10.0. The number of pyridine rings is 2. The van der Waals surface area contributed by atoms with Crippen molar-refractivity contribution in [1.29, 1.82) is 0 Å². The van der Waals surface area contributed by atoms with Gasteiger partial charge in [0.15, 0.2) is 12.4 Å². The number of aromatic nitrogens is 2. The van der Waals surface area contributed by atoms with E-state index in [1.807, 2.05) is 0 Å². The van der Waals surface area contributed by atoms with Gasteiger partial charge in [0.1, 0.15) is 13.1 Å². The fraction of sp³-hybridized carbons (Fsp3) is 0.375. The van der Waals surface area contributed by atoms with Crippen molar-refractivity contribution in [3.05, 3.63) is 47.8 Å². The maximum Gasteiger partial charge on any atom is 0.280 e. The Labute approximate surface area is 109 Å². The van der Waals surface area contributed by atoms with E-state index in [-0.39, 0.29) is 0 Å². The molecule has 3 heterocycles. The third kappa shape index (κ3) is 1.82. The Morgan fingerprint density at radius 2 is 1.22 bits per heavy atom. The van der Waals surface area contributed by atoms with E-state index in [1.165, 1.54) is 35.4 Å². The minimum Gasteiger partial charge on any atom is -0.193 e. The summed E-state index contributed by atoms with van der Waals surface area (Å²) in [6.07, 6.45) is 6.93. The van der Waals surface area contributed by atoms with Gasteiger partial charge < -0.3 is 0 Å². The van der Waals surface area contributed by atoms with Crippen LogP contribution >= 0.6 is 0 Å². The first kappa shape index (κ1) is 11.4. The van der Waals surface area contributed by atoms with Gasteiger partial charge >= 0.3 is 0 Å². The summed E-state index contributed by atoms with van der Waals surface area (Å²) in [4.78, 5) is 0. The second kappa shape index (κ2) is 4.52. The third-order valence-electron chi connectivity index (χ3n) is 3.82. The molecule has 0 spiro atoms. The molecule has 0 saturated carbocycles. The lowest BCUT2D eigenvalue weighted by Gasteiger charge is -2.11. The Morgan fingerprint density at radius 3 is 1.67 bits per heavy atom. The van der Waals surface area contributed by atoms with Crippen LogP contribution in [0.3, 0.4) is 0 Å². The molecule has 0 amide bonds. The highest BCUT2D eigenvalue weighted by atomic mass is 15.0. The smallest absolute Gasteiger partial charge is 0.193 e. The predicted octanol–water partition coefficient (Wildman–Crippen LogP) is 2.34. The summed E-state index contributed by atoms with van der Waals surface area (Å²) < 4.78 is 4.82. The van der Waals surface area contributed by atoms with E-state index in [1.54, 1.807) is 0 Å². The second-order valence-corrected chi connectivity index (χ2v) is 5.17. The molecule has 2 nitrogen and oxygen atoms in total. The molecule has 0 radical (unpaired) electrons. The molecule has 0 bridgehead atoms. The van der Waals surface area contributed by atoms with Gasteiger partial charge in [-0.15, -0.1) is 0 Å². The van der Waals surface area contributed by atoms with Crippen LogP contribution in [0.4, 0.5) is 0 Å². The maximum atomic E-state index is 2.41. The number of fused-ring (bicyclic) bond motifs is 3. The van der Waals surface area contributed by atoms with Gasteiger partial charge in [0.2, 0.25) is 0 Å². The maximum absolute atomic E-state index is 2.41. The molecular weight excluding hydrogens is 220 g/mol. The molecule has 0 atom stereocenters. The number of nitrogens with zero attached hydrogens (tertiary/aromatic N) is 2. The van der Waals surface area contributed by atoms with Crippen molar-refractivity contribution in [1.82, 2.24) is 0 Å². The topological polar surface area (TPSA) is 7.76 Å². The van der Waals surface area contributed by atoms with Crippen LogP contribution in [0.15, 0.2) is 36.7 Å². The Kier molecular flexibility index (Phi) is 2.86. The normalized spacial score (nSPS) is 14.3. The van der Waals surface area contributed by atoms with Crippen molar-refractivity contribution in [2.24, 2.45) is 0 Å². The lowest BCUT2D eigenvalue weighted by molar-refractivity contribution is -0.726. The van der Waals surface area contributed by atoms with Gasteiger partial charge in [0.05, 0.1) is 0 Å². The Hall–Kier alpha value is -1.70. The van der Waals surface area contributed by atoms with Crippen molar-refractivity contribution in [3.63, 3.8) is 0 Å². The van der Waals surface area contributed by atoms with Crippen LogP contribution in [0.5, 0.6) is 0 Å². The van der Waals surface area contributed by atoms with Crippen LogP contribution in [0.2, 0.25) is 0 Å². The fourth-order valence-electron chi connectivity index (χ4n) is 2.93. The van der Waals surface area contributed by atoms with E-state index in [0.717, 1.165) is 13.1 Å². The molecular formula is C16H20N2+2. The van der Waals surface area contributed by atoms with Crippen molar-refractivity contribution in [3.8, 4) is 11.4 Å². The number of rotatable bonds is 0. The number of aryl methyl sites for hydroxylation is 4. The minimum atomic E-state index is 1.13. The summed E-state index contributed by atoms with van der Waals surface area (Å²) in [5.41, 5.74) is 5.50. The van der Waals surface area contributed by atoms with Crippen LogP contribution in [0.1, 0.15) is 24.0 Å². The van der Waals surface area contributed by atoms with Crippen molar-refractivity contribution in [2.45, 2.75) is 39.8 Å². The summed E-state index contributed by atoms with van der Waals surface area (Å²) in [5.74, 6) is 0. The quantitative estimate of drug-likeness (QED) is 0.624. The molecule has 2 aromatic rings. The number of hydrogen-bond acceptors (Lipinski definition) is 0. The molecule has 2 aromatic heterocycles. The molecule has 1 aliphatic heterocycles. The summed E-state index contributed by atoms with van der Waals surface area (Å²) in [5, 5.41) is 0. The highest BCUT2D eigenvalue weighted by molar-refractivity contribution is 5.55. The first-order valence-corrected chi connectivity index (χ1v) is 6.76. The average molecular weight is 240 g/mol. The van der Waals surface area contributed by atoms with Crippen molar-refractivity contribution < 1.29 is 9.13 Å². The molecule has 0 aromatic carbocycles. The summed E-state index contributed by atoms with van der Waals surface area (Å²) in [6.45, 7) is 6.69. The summed E-state index contributed by atoms with van der Waals surface area (Å²) >= 11 is 0. The van der Waals surface area contributed by atoms with Crippen LogP contribution in [-0.2, 0) is 13.1 Å². The van der Waals surface area contributed by atoms with E-state index in [0.29, 0.717) is 0 Å². The summed E-state index contributed by atoms with van der Waals surface area (Å²) in [7, 11) is 0. The van der Waals surface area contributed by atoms with Crippen molar-refractivity contribution >= 4 is 0 Å². The SMILES string of the molecule is Cc1ccc[n+]2c1-c1c(C)ccc[n+]1CCCC2. The van der Waals surface area contributed by atoms with E-state index in [9.17, 15) is 0 Å². The largest absolute Gasteiger partial charge is 0.280 e. The van der Waals surface area contributed by atoms with Crippen LogP contribution in [0.25, 0.3) is 11.4 Å². The Balaban J connectivity index is 2.33. The molecule has 0 unspecified atom stereocenters. The standard InChI is InChI=1S/C16H20N2/c1-13-7-5-11-17-9-3-4-10-18-12-6-8-14(2)16(18)15(13)17/h5-8,11-12H,3-4,9-10H2,1-2H3/q+2. The van der Waals surface area contributed by atoms with E-state index in [4.69, 9.17) is 0 Å². The van der Waals surface area contributed by atoms with Crippen LogP contribution < -0.4 is 9.13 Å². The van der Waals surface area contributed by atoms with Gasteiger partial charge in [0.25, 0.3) is 11.4 Å². The van der Waals surface area contributed by atoms with Gasteiger partial charge in [-0.25, -0.2) is 0 Å². The molecule has 2 heteroatoms. The Morgan fingerprint density at radius 1 is 0.778 bits per heavy atom. The molecule has 1 aliphatic rings.